The first-order chi connectivity index (χ1) is 8.65. The van der Waals surface area contributed by atoms with Crippen LogP contribution in [-0.2, 0) is 13.1 Å². The largest absolute Gasteiger partial charge is 0.309 e. The summed E-state index contributed by atoms with van der Waals surface area (Å²) in [5.41, 5.74) is 3.01. The van der Waals surface area contributed by atoms with E-state index in [1.165, 1.54) is 23.3 Å². The van der Waals surface area contributed by atoms with E-state index in [9.17, 15) is 8.78 Å². The summed E-state index contributed by atoms with van der Waals surface area (Å²) in [5, 5.41) is 3.18. The normalized spacial score (nSPS) is 10.6. The van der Waals surface area contributed by atoms with Crippen molar-refractivity contribution >= 4 is 0 Å². The zero-order valence-electron chi connectivity index (χ0n) is 10.2. The predicted molar refractivity (Wildman–Crippen MR) is 68.1 cm³/mol. The average molecular weight is 247 g/mol. The van der Waals surface area contributed by atoms with Crippen LogP contribution in [0.1, 0.15) is 16.7 Å². The molecule has 0 atom stereocenters. The van der Waals surface area contributed by atoms with E-state index in [0.717, 1.165) is 6.07 Å². The number of nitrogens with one attached hydrogen (secondary N) is 1. The monoisotopic (exact) mass is 247 g/mol. The lowest BCUT2D eigenvalue weighted by atomic mass is 10.1. The first-order valence-electron chi connectivity index (χ1n) is 5.85. The van der Waals surface area contributed by atoms with E-state index in [4.69, 9.17) is 0 Å². The van der Waals surface area contributed by atoms with Crippen LogP contribution < -0.4 is 5.32 Å². The van der Waals surface area contributed by atoms with E-state index < -0.39 is 11.6 Å². The Hall–Kier alpha value is -1.74. The summed E-state index contributed by atoms with van der Waals surface area (Å²) in [6, 6.07) is 11.6. The second-order valence-electron chi connectivity index (χ2n) is 4.31. The van der Waals surface area contributed by atoms with E-state index in [0.29, 0.717) is 18.7 Å². The minimum absolute atomic E-state index is 0.447. The number of aryl methyl sites for hydroxylation is 1. The van der Waals surface area contributed by atoms with Gasteiger partial charge in [-0.2, -0.15) is 0 Å². The third-order valence-corrected chi connectivity index (χ3v) is 2.83. The molecular formula is C15H15F2N. The second-order valence-corrected chi connectivity index (χ2v) is 4.31. The number of benzene rings is 2. The molecule has 0 saturated carbocycles. The summed E-state index contributed by atoms with van der Waals surface area (Å²) in [5.74, 6) is -1.08. The van der Waals surface area contributed by atoms with E-state index in [2.05, 4.69) is 5.32 Å². The van der Waals surface area contributed by atoms with E-state index in [-0.39, 0.29) is 0 Å². The fraction of sp³-hybridized carbons (Fsp3) is 0.200. The fourth-order valence-electron chi connectivity index (χ4n) is 1.86. The van der Waals surface area contributed by atoms with Gasteiger partial charge in [-0.1, -0.05) is 24.3 Å². The molecule has 0 aliphatic rings. The summed E-state index contributed by atoms with van der Waals surface area (Å²) in [4.78, 5) is 0. The van der Waals surface area contributed by atoms with E-state index in [1.807, 2.05) is 31.2 Å². The Kier molecular flexibility index (Phi) is 4.05. The maximum absolute atomic E-state index is 13.0. The molecule has 1 N–H and O–H groups in total. The Morgan fingerprint density at radius 3 is 2.28 bits per heavy atom. The van der Waals surface area contributed by atoms with Crippen molar-refractivity contribution in [2.45, 2.75) is 20.0 Å². The van der Waals surface area contributed by atoms with Crippen LogP contribution in [0.15, 0.2) is 42.5 Å². The van der Waals surface area contributed by atoms with Crippen LogP contribution in [0.5, 0.6) is 0 Å². The minimum atomic E-state index is -0.539. The van der Waals surface area contributed by atoms with Crippen LogP contribution in [0.2, 0.25) is 0 Å². The standard InChI is InChI=1S/C15H15F2N/c1-11-4-2-3-5-13(11)10-18-9-12-6-14(16)8-15(17)7-12/h2-8,18H,9-10H2,1H3. The van der Waals surface area contributed by atoms with Gasteiger partial charge < -0.3 is 5.32 Å². The molecule has 0 radical (unpaired) electrons. The van der Waals surface area contributed by atoms with Gasteiger partial charge in [-0.25, -0.2) is 8.78 Å². The van der Waals surface area contributed by atoms with Crippen molar-refractivity contribution in [3.63, 3.8) is 0 Å². The maximum Gasteiger partial charge on any atom is 0.126 e. The molecule has 94 valence electrons. The third kappa shape index (κ3) is 3.37. The SMILES string of the molecule is Cc1ccccc1CNCc1cc(F)cc(F)c1. The lowest BCUT2D eigenvalue weighted by Gasteiger charge is -2.08. The van der Waals surface area contributed by atoms with Crippen LogP contribution in [0.25, 0.3) is 0 Å². The second kappa shape index (κ2) is 5.74. The van der Waals surface area contributed by atoms with Crippen molar-refractivity contribution in [2.75, 3.05) is 0 Å². The Balaban J connectivity index is 1.94. The lowest BCUT2D eigenvalue weighted by molar-refractivity contribution is 0.575. The van der Waals surface area contributed by atoms with Gasteiger partial charge in [0.15, 0.2) is 0 Å². The molecule has 0 saturated heterocycles. The highest BCUT2D eigenvalue weighted by atomic mass is 19.1. The minimum Gasteiger partial charge on any atom is -0.309 e. The Morgan fingerprint density at radius 2 is 1.61 bits per heavy atom. The third-order valence-electron chi connectivity index (χ3n) is 2.83. The molecule has 0 heterocycles. The van der Waals surface area contributed by atoms with Gasteiger partial charge in [-0.05, 0) is 35.7 Å². The van der Waals surface area contributed by atoms with Crippen LogP contribution in [-0.4, -0.2) is 0 Å². The average Bonchev–Trinajstić information content (AvgIpc) is 2.30. The van der Waals surface area contributed by atoms with Crippen LogP contribution >= 0.6 is 0 Å². The Morgan fingerprint density at radius 1 is 0.944 bits per heavy atom. The summed E-state index contributed by atoms with van der Waals surface area (Å²) in [6.07, 6.45) is 0. The van der Waals surface area contributed by atoms with Crippen molar-refractivity contribution < 1.29 is 8.78 Å². The lowest BCUT2D eigenvalue weighted by Crippen LogP contribution is -2.13. The molecule has 0 aliphatic heterocycles. The van der Waals surface area contributed by atoms with Crippen LogP contribution in [0.3, 0.4) is 0 Å². The quantitative estimate of drug-likeness (QED) is 0.871. The van der Waals surface area contributed by atoms with Crippen molar-refractivity contribution in [2.24, 2.45) is 0 Å². The summed E-state index contributed by atoms with van der Waals surface area (Å²) in [6.45, 7) is 3.17. The van der Waals surface area contributed by atoms with Gasteiger partial charge in [0, 0.05) is 19.2 Å². The van der Waals surface area contributed by atoms with Gasteiger partial charge in [0.25, 0.3) is 0 Å². The topological polar surface area (TPSA) is 12.0 Å². The Labute approximate surface area is 105 Å². The molecule has 3 heteroatoms. The van der Waals surface area contributed by atoms with Crippen molar-refractivity contribution in [3.8, 4) is 0 Å². The highest BCUT2D eigenvalue weighted by molar-refractivity contribution is 5.25. The number of halogens is 2. The number of rotatable bonds is 4. The molecule has 18 heavy (non-hydrogen) atoms. The van der Waals surface area contributed by atoms with Gasteiger partial charge in [-0.15, -0.1) is 0 Å². The van der Waals surface area contributed by atoms with Gasteiger partial charge >= 0.3 is 0 Å². The molecule has 0 aliphatic carbocycles. The molecule has 0 aromatic heterocycles. The molecule has 2 aromatic carbocycles. The van der Waals surface area contributed by atoms with Gasteiger partial charge in [0.05, 0.1) is 0 Å². The predicted octanol–water partition coefficient (Wildman–Crippen LogP) is 3.56. The molecule has 0 fully saturated rings. The highest BCUT2D eigenvalue weighted by Gasteiger charge is 2.01. The molecule has 1 nitrogen and oxygen atoms in total. The van der Waals surface area contributed by atoms with Crippen LogP contribution in [0.4, 0.5) is 8.78 Å². The van der Waals surface area contributed by atoms with E-state index >= 15 is 0 Å². The van der Waals surface area contributed by atoms with Crippen molar-refractivity contribution in [1.29, 1.82) is 0 Å². The van der Waals surface area contributed by atoms with Gasteiger partial charge in [0.1, 0.15) is 11.6 Å². The fourth-order valence-corrected chi connectivity index (χ4v) is 1.86. The summed E-state index contributed by atoms with van der Waals surface area (Å²) in [7, 11) is 0. The molecule has 0 bridgehead atoms. The zero-order chi connectivity index (χ0) is 13.0. The number of hydrogen-bond donors (Lipinski definition) is 1. The first-order valence-corrected chi connectivity index (χ1v) is 5.85. The molecule has 2 aromatic rings. The molecule has 0 amide bonds. The smallest absolute Gasteiger partial charge is 0.126 e. The molecule has 2 rings (SSSR count). The summed E-state index contributed by atoms with van der Waals surface area (Å²) >= 11 is 0. The Bertz CT molecular complexity index is 518. The molecular weight excluding hydrogens is 232 g/mol. The van der Waals surface area contributed by atoms with Gasteiger partial charge in [-0.3, -0.25) is 0 Å². The van der Waals surface area contributed by atoms with Crippen LogP contribution in [0, 0.1) is 18.6 Å². The molecule has 0 unspecified atom stereocenters. The van der Waals surface area contributed by atoms with Crippen molar-refractivity contribution in [3.05, 3.63) is 70.8 Å². The van der Waals surface area contributed by atoms with Gasteiger partial charge in [0.2, 0.25) is 0 Å². The highest BCUT2D eigenvalue weighted by Crippen LogP contribution is 2.09. The number of hydrogen-bond acceptors (Lipinski definition) is 1. The van der Waals surface area contributed by atoms with Crippen molar-refractivity contribution in [1.82, 2.24) is 5.32 Å². The maximum atomic E-state index is 13.0. The van der Waals surface area contributed by atoms with E-state index in [1.54, 1.807) is 0 Å². The first kappa shape index (κ1) is 12.7. The molecule has 0 spiro atoms. The zero-order valence-corrected chi connectivity index (χ0v) is 10.2. The summed E-state index contributed by atoms with van der Waals surface area (Å²) < 4.78 is 25.9.